The number of aromatic nitrogens is 4. The molecule has 0 fully saturated rings. The number of hydrogen-bond acceptors (Lipinski definition) is 5. The molecular formula is C15H15N5O3. The van der Waals surface area contributed by atoms with Crippen LogP contribution < -0.4 is 10.9 Å². The molecule has 2 heterocycles. The summed E-state index contributed by atoms with van der Waals surface area (Å²) in [5, 5.41) is 14.8. The van der Waals surface area contributed by atoms with Crippen LogP contribution in [-0.2, 0) is 11.2 Å². The van der Waals surface area contributed by atoms with E-state index in [1.807, 2.05) is 30.3 Å². The van der Waals surface area contributed by atoms with Crippen molar-refractivity contribution in [3.63, 3.8) is 0 Å². The molecule has 1 unspecified atom stereocenters. The molecule has 0 aliphatic carbocycles. The van der Waals surface area contributed by atoms with Crippen LogP contribution in [0.5, 0.6) is 0 Å². The zero-order valence-electron chi connectivity index (χ0n) is 12.1. The molecule has 118 valence electrons. The first-order valence-corrected chi connectivity index (χ1v) is 7.04. The Kier molecular flexibility index (Phi) is 4.15. The Hall–Kier alpha value is -3.00. The molecule has 0 aliphatic rings. The normalized spacial score (nSPS) is 12.2. The van der Waals surface area contributed by atoms with E-state index in [9.17, 15) is 14.7 Å². The number of nitrogens with one attached hydrogen (secondary N) is 2. The number of fused-ring (bicyclic) bond motifs is 1. The van der Waals surface area contributed by atoms with Crippen LogP contribution in [0.3, 0.4) is 0 Å². The number of aromatic amines is 1. The van der Waals surface area contributed by atoms with Crippen molar-refractivity contribution in [2.24, 2.45) is 0 Å². The van der Waals surface area contributed by atoms with Gasteiger partial charge in [0, 0.05) is 11.8 Å². The van der Waals surface area contributed by atoms with Gasteiger partial charge in [0.05, 0.1) is 19.1 Å². The van der Waals surface area contributed by atoms with Crippen LogP contribution in [0, 0.1) is 0 Å². The lowest BCUT2D eigenvalue weighted by Crippen LogP contribution is -2.33. The highest BCUT2D eigenvalue weighted by Gasteiger charge is 2.16. The molecule has 0 saturated carbocycles. The fourth-order valence-corrected chi connectivity index (χ4v) is 2.29. The van der Waals surface area contributed by atoms with Crippen LogP contribution in [0.4, 0.5) is 0 Å². The second-order valence-corrected chi connectivity index (χ2v) is 5.00. The van der Waals surface area contributed by atoms with Crippen LogP contribution in [-0.4, -0.2) is 37.2 Å². The third-order valence-corrected chi connectivity index (χ3v) is 3.45. The van der Waals surface area contributed by atoms with Crippen molar-refractivity contribution in [3.8, 4) is 0 Å². The fraction of sp³-hybridized carbons (Fsp3) is 0.200. The minimum atomic E-state index is -0.518. The number of rotatable bonds is 5. The monoisotopic (exact) mass is 313 g/mol. The quantitative estimate of drug-likeness (QED) is 0.604. The van der Waals surface area contributed by atoms with Gasteiger partial charge in [0.1, 0.15) is 6.33 Å². The minimum absolute atomic E-state index is 0.128. The Bertz CT molecular complexity index is 871. The summed E-state index contributed by atoms with van der Waals surface area (Å²) in [6, 6.07) is 8.61. The number of carbonyl (C=O) groups excluding carboxylic acids is 1. The summed E-state index contributed by atoms with van der Waals surface area (Å²) in [4.78, 5) is 32.2. The second kappa shape index (κ2) is 6.41. The van der Waals surface area contributed by atoms with Gasteiger partial charge in [-0.2, -0.15) is 4.52 Å². The van der Waals surface area contributed by atoms with E-state index in [-0.39, 0.29) is 35.8 Å². The molecule has 1 atom stereocenters. The summed E-state index contributed by atoms with van der Waals surface area (Å²) in [7, 11) is 0. The Balaban J connectivity index is 1.75. The molecule has 0 saturated heterocycles. The molecule has 3 rings (SSSR count). The van der Waals surface area contributed by atoms with E-state index in [0.717, 1.165) is 5.56 Å². The van der Waals surface area contributed by atoms with Gasteiger partial charge >= 0.3 is 0 Å². The third-order valence-electron chi connectivity index (χ3n) is 3.45. The number of nitrogens with zero attached hydrogens (tertiary/aromatic N) is 3. The van der Waals surface area contributed by atoms with Crippen molar-refractivity contribution in [2.75, 3.05) is 6.61 Å². The number of H-pyrrole nitrogens is 1. The van der Waals surface area contributed by atoms with Gasteiger partial charge in [0.15, 0.2) is 0 Å². The molecule has 1 aromatic carbocycles. The first kappa shape index (κ1) is 14.9. The second-order valence-electron chi connectivity index (χ2n) is 5.00. The molecule has 0 radical (unpaired) electrons. The minimum Gasteiger partial charge on any atom is -0.394 e. The van der Waals surface area contributed by atoms with E-state index in [1.165, 1.54) is 17.0 Å². The maximum absolute atomic E-state index is 12.2. The Labute approximate surface area is 130 Å². The van der Waals surface area contributed by atoms with Crippen molar-refractivity contribution in [2.45, 2.75) is 12.5 Å². The summed E-state index contributed by atoms with van der Waals surface area (Å²) in [5.41, 5.74) is 0.666. The van der Waals surface area contributed by atoms with E-state index in [1.54, 1.807) is 0 Å². The van der Waals surface area contributed by atoms with Crippen LogP contribution in [0.15, 0.2) is 47.7 Å². The van der Waals surface area contributed by atoms with Crippen molar-refractivity contribution in [1.29, 1.82) is 0 Å². The molecule has 23 heavy (non-hydrogen) atoms. The van der Waals surface area contributed by atoms with Crippen LogP contribution in [0.2, 0.25) is 0 Å². The van der Waals surface area contributed by atoms with E-state index < -0.39 is 6.04 Å². The van der Waals surface area contributed by atoms with Crippen molar-refractivity contribution in [3.05, 3.63) is 64.3 Å². The standard InChI is InChI=1S/C15H15N5O3/c21-8-12(10-4-2-1-3-5-10)19-13(22)6-11-7-16-15-17-9-18-20(15)14(11)23/h1-5,7,9,12,21H,6,8H2,(H,19,22)(H,16,17,18). The maximum Gasteiger partial charge on any atom is 0.277 e. The van der Waals surface area contributed by atoms with Crippen LogP contribution in [0.1, 0.15) is 17.2 Å². The zero-order chi connectivity index (χ0) is 16.2. The average Bonchev–Trinajstić information content (AvgIpc) is 3.05. The van der Waals surface area contributed by atoms with Gasteiger partial charge in [0.2, 0.25) is 5.91 Å². The lowest BCUT2D eigenvalue weighted by molar-refractivity contribution is -0.121. The van der Waals surface area contributed by atoms with Crippen LogP contribution in [0.25, 0.3) is 5.78 Å². The van der Waals surface area contributed by atoms with E-state index in [0.29, 0.717) is 0 Å². The van der Waals surface area contributed by atoms with Crippen molar-refractivity contribution >= 4 is 11.7 Å². The summed E-state index contributed by atoms with van der Waals surface area (Å²) in [5.74, 6) is -0.122. The SMILES string of the molecule is O=C(Cc1cnc2nc[nH]n2c1=O)NC(CO)c1ccccc1. The summed E-state index contributed by atoms with van der Waals surface area (Å²) in [6.07, 6.45) is 2.57. The first-order valence-electron chi connectivity index (χ1n) is 7.04. The summed E-state index contributed by atoms with van der Waals surface area (Å²) in [6.45, 7) is -0.230. The molecular weight excluding hydrogens is 298 g/mol. The topological polar surface area (TPSA) is 112 Å². The largest absolute Gasteiger partial charge is 0.394 e. The summed E-state index contributed by atoms with van der Waals surface area (Å²) >= 11 is 0. The zero-order valence-corrected chi connectivity index (χ0v) is 12.1. The van der Waals surface area contributed by atoms with Gasteiger partial charge in [-0.15, -0.1) is 0 Å². The van der Waals surface area contributed by atoms with Gasteiger partial charge in [-0.3, -0.25) is 14.7 Å². The lowest BCUT2D eigenvalue weighted by atomic mass is 10.1. The highest BCUT2D eigenvalue weighted by Crippen LogP contribution is 2.11. The molecule has 0 spiro atoms. The lowest BCUT2D eigenvalue weighted by Gasteiger charge is -2.16. The maximum atomic E-state index is 12.2. The fourth-order valence-electron chi connectivity index (χ4n) is 2.29. The predicted octanol–water partition coefficient (Wildman–Crippen LogP) is -0.190. The van der Waals surface area contributed by atoms with Crippen molar-refractivity contribution in [1.82, 2.24) is 24.9 Å². The Morgan fingerprint density at radius 3 is 2.83 bits per heavy atom. The molecule has 2 aromatic heterocycles. The van der Waals surface area contributed by atoms with E-state index >= 15 is 0 Å². The van der Waals surface area contributed by atoms with E-state index in [2.05, 4.69) is 20.4 Å². The number of aliphatic hydroxyl groups is 1. The van der Waals surface area contributed by atoms with Gasteiger partial charge in [-0.25, -0.2) is 9.97 Å². The number of aliphatic hydroxyl groups excluding tert-OH is 1. The molecule has 3 N–H and O–H groups in total. The first-order chi connectivity index (χ1) is 11.2. The summed E-state index contributed by atoms with van der Waals surface area (Å²) < 4.78 is 1.17. The van der Waals surface area contributed by atoms with Crippen molar-refractivity contribution < 1.29 is 9.90 Å². The molecule has 1 amide bonds. The predicted molar refractivity (Wildman–Crippen MR) is 81.7 cm³/mol. The van der Waals surface area contributed by atoms with Gasteiger partial charge < -0.3 is 10.4 Å². The number of amides is 1. The Morgan fingerprint density at radius 1 is 1.30 bits per heavy atom. The number of carbonyl (C=O) groups is 1. The number of hydrogen-bond donors (Lipinski definition) is 3. The molecule has 8 nitrogen and oxygen atoms in total. The third kappa shape index (κ3) is 3.11. The smallest absolute Gasteiger partial charge is 0.277 e. The molecule has 8 heteroatoms. The van der Waals surface area contributed by atoms with Crippen LogP contribution >= 0.6 is 0 Å². The van der Waals surface area contributed by atoms with Gasteiger partial charge in [-0.05, 0) is 5.56 Å². The van der Waals surface area contributed by atoms with Gasteiger partial charge in [-0.1, -0.05) is 30.3 Å². The molecule has 0 bridgehead atoms. The van der Waals surface area contributed by atoms with Gasteiger partial charge in [0.25, 0.3) is 11.3 Å². The molecule has 3 aromatic rings. The number of benzene rings is 1. The highest BCUT2D eigenvalue weighted by atomic mass is 16.3. The highest BCUT2D eigenvalue weighted by molar-refractivity contribution is 5.78. The van der Waals surface area contributed by atoms with E-state index in [4.69, 9.17) is 0 Å². The Morgan fingerprint density at radius 2 is 2.09 bits per heavy atom. The molecule has 0 aliphatic heterocycles. The average molecular weight is 313 g/mol.